The predicted molar refractivity (Wildman–Crippen MR) is 123 cm³/mol. The zero-order valence-corrected chi connectivity index (χ0v) is 18.6. The van der Waals surface area contributed by atoms with Crippen LogP contribution >= 0.6 is 12.4 Å². The number of carbonyl (C=O) groups is 2. The van der Waals surface area contributed by atoms with Crippen LogP contribution < -0.4 is 11.1 Å². The summed E-state index contributed by atoms with van der Waals surface area (Å²) in [4.78, 5) is 27.0. The minimum absolute atomic E-state index is 0. The molecule has 1 heterocycles. The number of carbonyl (C=O) groups excluding carboxylic acids is 2. The number of amides is 2. The first-order chi connectivity index (χ1) is 13.9. The summed E-state index contributed by atoms with van der Waals surface area (Å²) in [5.41, 5.74) is 10.4. The monoisotopic (exact) mass is 429 g/mol. The minimum atomic E-state index is -0.427. The summed E-state index contributed by atoms with van der Waals surface area (Å²) < 4.78 is 0. The number of nitrogens with two attached hydrogens (primary N) is 1. The van der Waals surface area contributed by atoms with E-state index in [1.54, 1.807) is 0 Å². The van der Waals surface area contributed by atoms with Crippen LogP contribution in [0.15, 0.2) is 48.5 Å². The number of benzene rings is 2. The topological polar surface area (TPSA) is 75.4 Å². The molecule has 0 bridgehead atoms. The number of aryl methyl sites for hydroxylation is 2. The Kier molecular flexibility index (Phi) is 8.88. The molecule has 5 nitrogen and oxygen atoms in total. The third-order valence-electron chi connectivity index (χ3n) is 5.79. The first kappa shape index (κ1) is 23.9. The number of hydrogen-bond acceptors (Lipinski definition) is 3. The molecule has 0 aliphatic carbocycles. The van der Waals surface area contributed by atoms with E-state index in [1.165, 1.54) is 22.3 Å². The number of halogens is 1. The Morgan fingerprint density at radius 3 is 1.73 bits per heavy atom. The van der Waals surface area contributed by atoms with Gasteiger partial charge in [-0.15, -0.1) is 12.4 Å². The molecular weight excluding hydrogens is 398 g/mol. The van der Waals surface area contributed by atoms with E-state index >= 15 is 0 Å². The van der Waals surface area contributed by atoms with Crippen molar-refractivity contribution in [3.05, 3.63) is 70.8 Å². The van der Waals surface area contributed by atoms with Crippen molar-refractivity contribution in [2.45, 2.75) is 26.7 Å². The van der Waals surface area contributed by atoms with E-state index in [9.17, 15) is 9.59 Å². The van der Waals surface area contributed by atoms with Crippen LogP contribution in [0, 0.1) is 25.7 Å². The van der Waals surface area contributed by atoms with Crippen molar-refractivity contribution in [3.8, 4) is 0 Å². The molecule has 162 valence electrons. The van der Waals surface area contributed by atoms with Crippen LogP contribution in [-0.2, 0) is 22.4 Å². The number of primary amides is 1. The van der Waals surface area contributed by atoms with Gasteiger partial charge in [-0.25, -0.2) is 0 Å². The van der Waals surface area contributed by atoms with Crippen LogP contribution in [-0.4, -0.2) is 42.9 Å². The maximum atomic E-state index is 13.3. The van der Waals surface area contributed by atoms with E-state index in [-0.39, 0.29) is 24.2 Å². The van der Waals surface area contributed by atoms with Gasteiger partial charge in [0.2, 0.25) is 11.8 Å². The zero-order chi connectivity index (χ0) is 20.8. The Morgan fingerprint density at radius 2 is 1.30 bits per heavy atom. The van der Waals surface area contributed by atoms with Crippen LogP contribution in [0.25, 0.3) is 0 Å². The fourth-order valence-electron chi connectivity index (χ4n) is 3.84. The highest BCUT2D eigenvalue weighted by Gasteiger charge is 2.38. The molecule has 2 atom stereocenters. The number of nitrogens with zero attached hydrogens (tertiary/aromatic N) is 1. The van der Waals surface area contributed by atoms with Gasteiger partial charge in [-0.1, -0.05) is 59.7 Å². The lowest BCUT2D eigenvalue weighted by atomic mass is 9.93. The molecule has 0 radical (unpaired) electrons. The van der Waals surface area contributed by atoms with E-state index in [2.05, 4.69) is 67.7 Å². The molecule has 3 N–H and O–H groups in total. The van der Waals surface area contributed by atoms with Crippen molar-refractivity contribution in [2.75, 3.05) is 26.2 Å². The fourth-order valence-corrected chi connectivity index (χ4v) is 3.84. The summed E-state index contributed by atoms with van der Waals surface area (Å²) in [5.74, 6) is -1.17. The molecule has 1 fully saturated rings. The Labute approximate surface area is 185 Å². The number of hydrogen-bond donors (Lipinski definition) is 2. The molecule has 0 aromatic heterocycles. The number of nitrogens with one attached hydrogen (secondary N) is 1. The second-order valence-electron chi connectivity index (χ2n) is 8.07. The van der Waals surface area contributed by atoms with Crippen molar-refractivity contribution in [2.24, 2.45) is 17.6 Å². The second-order valence-corrected chi connectivity index (χ2v) is 8.07. The van der Waals surface area contributed by atoms with Crippen molar-refractivity contribution in [1.29, 1.82) is 0 Å². The van der Waals surface area contributed by atoms with Gasteiger partial charge >= 0.3 is 0 Å². The van der Waals surface area contributed by atoms with Gasteiger partial charge in [-0.3, -0.25) is 9.59 Å². The third kappa shape index (κ3) is 6.31. The summed E-state index contributed by atoms with van der Waals surface area (Å²) in [6, 6.07) is 16.8. The van der Waals surface area contributed by atoms with Crippen molar-refractivity contribution in [1.82, 2.24) is 10.2 Å². The highest BCUT2D eigenvalue weighted by molar-refractivity contribution is 5.88. The van der Waals surface area contributed by atoms with E-state index < -0.39 is 11.8 Å². The zero-order valence-electron chi connectivity index (χ0n) is 17.8. The smallest absolute Gasteiger partial charge is 0.227 e. The van der Waals surface area contributed by atoms with Crippen LogP contribution in [0.1, 0.15) is 22.3 Å². The molecular formula is C24H32ClN3O2. The highest BCUT2D eigenvalue weighted by atomic mass is 35.5. The van der Waals surface area contributed by atoms with Gasteiger partial charge in [0.25, 0.3) is 0 Å². The summed E-state index contributed by atoms with van der Waals surface area (Å²) >= 11 is 0. The van der Waals surface area contributed by atoms with Gasteiger partial charge in [0, 0.05) is 26.2 Å². The summed E-state index contributed by atoms with van der Waals surface area (Å²) in [7, 11) is 0. The molecule has 2 unspecified atom stereocenters. The molecule has 6 heteroatoms. The van der Waals surface area contributed by atoms with Gasteiger partial charge in [-0.05, 0) is 37.8 Å². The van der Waals surface area contributed by atoms with E-state index in [0.717, 1.165) is 12.8 Å². The Balaban J connectivity index is 0.00000320. The van der Waals surface area contributed by atoms with E-state index in [4.69, 9.17) is 5.73 Å². The second kappa shape index (κ2) is 11.1. The maximum Gasteiger partial charge on any atom is 0.227 e. The first-order valence-electron chi connectivity index (χ1n) is 10.3. The standard InChI is InChI=1S/C24H31N3O2.ClH/c1-17-3-7-19(8-4-17)11-13-27(14-12-20-9-5-18(2)6-10-20)24(29)22-16-26-15-21(22)23(25)28;/h3-10,21-22,26H,11-16H2,1-2H3,(H2,25,28);1H. The van der Waals surface area contributed by atoms with Gasteiger partial charge in [0.15, 0.2) is 0 Å². The molecule has 2 aromatic rings. The molecule has 2 aromatic carbocycles. The Bertz CT molecular complexity index is 787. The minimum Gasteiger partial charge on any atom is -0.369 e. The average Bonchev–Trinajstić information content (AvgIpc) is 3.20. The highest BCUT2D eigenvalue weighted by Crippen LogP contribution is 2.20. The number of rotatable bonds is 8. The van der Waals surface area contributed by atoms with Gasteiger partial charge in [0.05, 0.1) is 11.8 Å². The van der Waals surface area contributed by atoms with E-state index in [0.29, 0.717) is 26.2 Å². The quantitative estimate of drug-likeness (QED) is 0.677. The van der Waals surface area contributed by atoms with Crippen molar-refractivity contribution in [3.63, 3.8) is 0 Å². The lowest BCUT2D eigenvalue weighted by molar-refractivity contribution is -0.139. The van der Waals surface area contributed by atoms with E-state index in [1.807, 2.05) is 4.90 Å². The predicted octanol–water partition coefficient (Wildman–Crippen LogP) is 2.66. The average molecular weight is 430 g/mol. The van der Waals surface area contributed by atoms with Gasteiger partial charge in [-0.2, -0.15) is 0 Å². The van der Waals surface area contributed by atoms with Crippen molar-refractivity contribution >= 4 is 24.2 Å². The SMILES string of the molecule is Cc1ccc(CCN(CCc2ccc(C)cc2)C(=O)C2CNCC2C(N)=O)cc1.Cl. The molecule has 30 heavy (non-hydrogen) atoms. The lowest BCUT2D eigenvalue weighted by Gasteiger charge is -2.27. The molecule has 1 aliphatic heterocycles. The molecule has 1 aliphatic rings. The van der Waals surface area contributed by atoms with Gasteiger partial charge < -0.3 is 16.0 Å². The van der Waals surface area contributed by atoms with Crippen LogP contribution in [0.3, 0.4) is 0 Å². The Morgan fingerprint density at radius 1 is 0.867 bits per heavy atom. The first-order valence-corrected chi connectivity index (χ1v) is 10.3. The van der Waals surface area contributed by atoms with Crippen LogP contribution in [0.4, 0.5) is 0 Å². The molecule has 0 spiro atoms. The van der Waals surface area contributed by atoms with Crippen molar-refractivity contribution < 1.29 is 9.59 Å². The normalized spacial score (nSPS) is 17.9. The van der Waals surface area contributed by atoms with Gasteiger partial charge in [0.1, 0.15) is 0 Å². The maximum absolute atomic E-state index is 13.3. The summed E-state index contributed by atoms with van der Waals surface area (Å²) in [5, 5.41) is 3.15. The fraction of sp³-hybridized carbons (Fsp3) is 0.417. The van der Waals surface area contributed by atoms with Crippen LogP contribution in [0.2, 0.25) is 0 Å². The summed E-state index contributed by atoms with van der Waals surface area (Å²) in [6.07, 6.45) is 1.59. The molecule has 2 amide bonds. The lowest BCUT2D eigenvalue weighted by Crippen LogP contribution is -2.44. The third-order valence-corrected chi connectivity index (χ3v) is 5.79. The molecule has 3 rings (SSSR count). The molecule has 1 saturated heterocycles. The Hall–Kier alpha value is -2.37. The largest absolute Gasteiger partial charge is 0.369 e. The molecule has 0 saturated carbocycles. The van der Waals surface area contributed by atoms with Crippen LogP contribution in [0.5, 0.6) is 0 Å². The summed E-state index contributed by atoms with van der Waals surface area (Å²) in [6.45, 7) is 6.40.